The summed E-state index contributed by atoms with van der Waals surface area (Å²) in [6, 6.07) is 14.5. The van der Waals surface area contributed by atoms with Crippen molar-refractivity contribution in [2.24, 2.45) is 0 Å². The summed E-state index contributed by atoms with van der Waals surface area (Å²) in [4.78, 5) is 12.1. The standard InChI is InChI=1S/C18H16Cl2N2OS/c1-12(16-6-5-15(19)8-17(16)20)22-18(23)11-24-10-14-4-2-3-13(7-14)9-21/h2-8,12H,10-11H2,1H3,(H,22,23)/t12-/m0/s1. The van der Waals surface area contributed by atoms with Gasteiger partial charge in [0.05, 0.1) is 23.4 Å². The van der Waals surface area contributed by atoms with Crippen LogP contribution in [-0.2, 0) is 10.5 Å². The molecule has 0 fully saturated rings. The fraction of sp³-hybridized carbons (Fsp3) is 0.222. The van der Waals surface area contributed by atoms with Crippen molar-refractivity contribution >= 4 is 40.9 Å². The molecule has 0 aliphatic carbocycles. The molecule has 2 aromatic carbocycles. The highest BCUT2D eigenvalue weighted by molar-refractivity contribution is 7.99. The Morgan fingerprint density at radius 3 is 2.79 bits per heavy atom. The molecule has 0 unspecified atom stereocenters. The Bertz CT molecular complexity index is 774. The van der Waals surface area contributed by atoms with E-state index in [1.165, 1.54) is 11.8 Å². The minimum absolute atomic E-state index is 0.0602. The number of thioether (sulfide) groups is 1. The second kappa shape index (κ2) is 8.98. The van der Waals surface area contributed by atoms with E-state index in [-0.39, 0.29) is 11.9 Å². The number of hydrogen-bond donors (Lipinski definition) is 1. The van der Waals surface area contributed by atoms with Gasteiger partial charge in [-0.05, 0) is 42.3 Å². The van der Waals surface area contributed by atoms with Crippen LogP contribution >= 0.6 is 35.0 Å². The summed E-state index contributed by atoms with van der Waals surface area (Å²) in [7, 11) is 0. The molecule has 6 heteroatoms. The first-order chi connectivity index (χ1) is 11.5. The number of nitrogens with zero attached hydrogens (tertiary/aromatic N) is 1. The van der Waals surface area contributed by atoms with Gasteiger partial charge >= 0.3 is 0 Å². The van der Waals surface area contributed by atoms with Gasteiger partial charge in [-0.1, -0.05) is 41.4 Å². The van der Waals surface area contributed by atoms with E-state index in [1.807, 2.05) is 31.2 Å². The van der Waals surface area contributed by atoms with E-state index in [2.05, 4.69) is 11.4 Å². The number of carbonyl (C=O) groups excluding carboxylic acids is 1. The molecule has 0 aliphatic heterocycles. The first kappa shape index (κ1) is 18.7. The highest BCUT2D eigenvalue weighted by Gasteiger charge is 2.13. The van der Waals surface area contributed by atoms with Crippen molar-refractivity contribution in [3.05, 3.63) is 69.2 Å². The Morgan fingerprint density at radius 2 is 2.08 bits per heavy atom. The third-order valence-electron chi connectivity index (χ3n) is 3.36. The van der Waals surface area contributed by atoms with Gasteiger partial charge in [0.1, 0.15) is 0 Å². The highest BCUT2D eigenvalue weighted by atomic mass is 35.5. The van der Waals surface area contributed by atoms with Crippen LogP contribution in [0.4, 0.5) is 0 Å². The maximum absolute atomic E-state index is 12.1. The molecule has 1 atom stereocenters. The van der Waals surface area contributed by atoms with Crippen molar-refractivity contribution in [1.82, 2.24) is 5.32 Å². The molecule has 0 saturated heterocycles. The van der Waals surface area contributed by atoms with Gasteiger partial charge in [0.15, 0.2) is 0 Å². The summed E-state index contributed by atoms with van der Waals surface area (Å²) in [5.41, 5.74) is 2.49. The van der Waals surface area contributed by atoms with Crippen LogP contribution in [0, 0.1) is 11.3 Å². The fourth-order valence-corrected chi connectivity index (χ4v) is 3.56. The van der Waals surface area contributed by atoms with E-state index in [4.69, 9.17) is 28.5 Å². The van der Waals surface area contributed by atoms with Crippen molar-refractivity contribution in [1.29, 1.82) is 5.26 Å². The molecule has 0 aromatic heterocycles. The molecule has 0 heterocycles. The van der Waals surface area contributed by atoms with Gasteiger partial charge in [-0.15, -0.1) is 11.8 Å². The second-order valence-corrected chi connectivity index (χ2v) is 7.09. The summed E-state index contributed by atoms with van der Waals surface area (Å²) < 4.78 is 0. The van der Waals surface area contributed by atoms with E-state index < -0.39 is 0 Å². The lowest BCUT2D eigenvalue weighted by atomic mass is 10.1. The molecule has 0 radical (unpaired) electrons. The average Bonchev–Trinajstić information content (AvgIpc) is 2.54. The number of rotatable bonds is 6. The number of nitrogens with one attached hydrogen (secondary N) is 1. The number of benzene rings is 2. The van der Waals surface area contributed by atoms with E-state index in [1.54, 1.807) is 18.2 Å². The molecule has 1 amide bonds. The van der Waals surface area contributed by atoms with Crippen molar-refractivity contribution in [2.45, 2.75) is 18.7 Å². The van der Waals surface area contributed by atoms with Gasteiger partial charge in [-0.25, -0.2) is 0 Å². The van der Waals surface area contributed by atoms with E-state index in [9.17, 15) is 4.79 Å². The quantitative estimate of drug-likeness (QED) is 0.771. The SMILES string of the molecule is C[C@H](NC(=O)CSCc1cccc(C#N)c1)c1ccc(Cl)cc1Cl. The first-order valence-electron chi connectivity index (χ1n) is 7.30. The third-order valence-corrected chi connectivity index (χ3v) is 4.93. The van der Waals surface area contributed by atoms with Crippen LogP contribution in [0.3, 0.4) is 0 Å². The van der Waals surface area contributed by atoms with E-state index in [0.717, 1.165) is 11.1 Å². The Kier molecular flexibility index (Phi) is 6.99. The Hall–Kier alpha value is -1.67. The zero-order valence-electron chi connectivity index (χ0n) is 13.1. The predicted octanol–water partition coefficient (Wildman–Crippen LogP) is 4.98. The Morgan fingerprint density at radius 1 is 1.29 bits per heavy atom. The Labute approximate surface area is 156 Å². The van der Waals surface area contributed by atoms with Gasteiger partial charge in [0, 0.05) is 15.8 Å². The lowest BCUT2D eigenvalue weighted by molar-refractivity contribution is -0.119. The normalized spacial score (nSPS) is 11.6. The highest BCUT2D eigenvalue weighted by Crippen LogP contribution is 2.26. The molecule has 2 aromatic rings. The van der Waals surface area contributed by atoms with Crippen molar-refractivity contribution < 1.29 is 4.79 Å². The number of carbonyl (C=O) groups is 1. The molecule has 2 rings (SSSR count). The van der Waals surface area contributed by atoms with Crippen LogP contribution in [0.25, 0.3) is 0 Å². The molecule has 0 spiro atoms. The summed E-state index contributed by atoms with van der Waals surface area (Å²) in [5.74, 6) is 0.959. The van der Waals surface area contributed by atoms with Crippen LogP contribution < -0.4 is 5.32 Å². The fourth-order valence-electron chi connectivity index (χ4n) is 2.21. The van der Waals surface area contributed by atoms with Crippen molar-refractivity contribution in [3.63, 3.8) is 0 Å². The third kappa shape index (κ3) is 5.45. The lowest BCUT2D eigenvalue weighted by Gasteiger charge is -2.16. The van der Waals surface area contributed by atoms with Crippen molar-refractivity contribution in [3.8, 4) is 6.07 Å². The van der Waals surface area contributed by atoms with Crippen LogP contribution in [0.2, 0.25) is 10.0 Å². The Balaban J connectivity index is 1.83. The molecule has 124 valence electrons. The zero-order valence-corrected chi connectivity index (χ0v) is 15.4. The largest absolute Gasteiger partial charge is 0.349 e. The maximum atomic E-state index is 12.1. The molecule has 0 aliphatic rings. The number of amides is 1. The molecule has 0 saturated carbocycles. The molecular weight excluding hydrogens is 363 g/mol. The van der Waals surface area contributed by atoms with Gasteiger partial charge in [0.25, 0.3) is 0 Å². The molecule has 0 bridgehead atoms. The van der Waals surface area contributed by atoms with Crippen LogP contribution in [0.1, 0.15) is 29.7 Å². The number of hydrogen-bond acceptors (Lipinski definition) is 3. The minimum Gasteiger partial charge on any atom is -0.349 e. The van der Waals surface area contributed by atoms with E-state index >= 15 is 0 Å². The maximum Gasteiger partial charge on any atom is 0.230 e. The second-order valence-electron chi connectivity index (χ2n) is 5.26. The monoisotopic (exact) mass is 378 g/mol. The predicted molar refractivity (Wildman–Crippen MR) is 100 cm³/mol. The molecule has 1 N–H and O–H groups in total. The van der Waals surface area contributed by atoms with Crippen molar-refractivity contribution in [2.75, 3.05) is 5.75 Å². The van der Waals surface area contributed by atoms with Gasteiger partial charge < -0.3 is 5.32 Å². The zero-order chi connectivity index (χ0) is 17.5. The topological polar surface area (TPSA) is 52.9 Å². The minimum atomic E-state index is -0.190. The first-order valence-corrected chi connectivity index (χ1v) is 9.21. The number of nitriles is 1. The van der Waals surface area contributed by atoms with Crippen LogP contribution in [0.5, 0.6) is 0 Å². The van der Waals surface area contributed by atoms with Crippen LogP contribution in [0.15, 0.2) is 42.5 Å². The molecular formula is C18H16Cl2N2OS. The van der Waals surface area contributed by atoms with Crippen LogP contribution in [-0.4, -0.2) is 11.7 Å². The average molecular weight is 379 g/mol. The molecule has 3 nitrogen and oxygen atoms in total. The van der Waals surface area contributed by atoms with E-state index in [0.29, 0.717) is 27.1 Å². The summed E-state index contributed by atoms with van der Waals surface area (Å²) in [6.07, 6.45) is 0. The summed E-state index contributed by atoms with van der Waals surface area (Å²) in [5, 5.41) is 12.9. The summed E-state index contributed by atoms with van der Waals surface area (Å²) in [6.45, 7) is 1.88. The van der Waals surface area contributed by atoms with Gasteiger partial charge in [-0.2, -0.15) is 5.26 Å². The smallest absolute Gasteiger partial charge is 0.230 e. The van der Waals surface area contributed by atoms with Gasteiger partial charge in [0.2, 0.25) is 5.91 Å². The number of halogens is 2. The summed E-state index contributed by atoms with van der Waals surface area (Å²) >= 11 is 13.5. The molecule has 24 heavy (non-hydrogen) atoms. The lowest BCUT2D eigenvalue weighted by Crippen LogP contribution is -2.28. The van der Waals surface area contributed by atoms with Gasteiger partial charge in [-0.3, -0.25) is 4.79 Å².